The summed E-state index contributed by atoms with van der Waals surface area (Å²) in [5.74, 6) is -1.70. The molecule has 1 aliphatic heterocycles. The van der Waals surface area contributed by atoms with Crippen molar-refractivity contribution in [3.8, 4) is 11.3 Å². The van der Waals surface area contributed by atoms with Gasteiger partial charge < -0.3 is 14.2 Å². The predicted molar refractivity (Wildman–Crippen MR) is 143 cm³/mol. The Balaban J connectivity index is 1.46. The molecule has 208 valence electrons. The number of carbonyl (C=O) groups excluding carboxylic acids is 2. The van der Waals surface area contributed by atoms with E-state index >= 15 is 0 Å². The van der Waals surface area contributed by atoms with Crippen LogP contribution in [-0.2, 0) is 21.4 Å². The smallest absolute Gasteiger partial charge is 0.302 e. The number of rotatable bonds is 5. The topological polar surface area (TPSA) is 95.1 Å². The summed E-state index contributed by atoms with van der Waals surface area (Å²) in [6, 6.07) is 9.23. The standard InChI is InChI=1S/C29H30F2N6O3/c1-16-28(35(3)34-33-16)18-4-11-25-24(14-18)32-29(37(25)19-5-8-21(9-6-19)40-17(2)38)26-12-13-27(39)36(26)20-7-10-22(30)23(31)15-20/h4,7,10-11,14-15,19,21,26H,5-6,8-9,12-13H2,1-3H3/t19?,21?,26-/m0/s1. The molecule has 11 heteroatoms. The summed E-state index contributed by atoms with van der Waals surface area (Å²) in [4.78, 5) is 31.2. The first-order valence-electron chi connectivity index (χ1n) is 13.5. The summed E-state index contributed by atoms with van der Waals surface area (Å²) >= 11 is 0. The number of amides is 1. The number of aryl methyl sites for hydroxylation is 2. The molecule has 9 nitrogen and oxygen atoms in total. The predicted octanol–water partition coefficient (Wildman–Crippen LogP) is 5.33. The third-order valence-electron chi connectivity index (χ3n) is 8.02. The fourth-order valence-corrected chi connectivity index (χ4v) is 6.28. The van der Waals surface area contributed by atoms with Crippen LogP contribution in [0.25, 0.3) is 22.3 Å². The number of aromatic nitrogens is 5. The summed E-state index contributed by atoms with van der Waals surface area (Å²) in [6.07, 6.45) is 3.64. The van der Waals surface area contributed by atoms with Gasteiger partial charge in [0.1, 0.15) is 11.9 Å². The van der Waals surface area contributed by atoms with Crippen molar-refractivity contribution in [2.24, 2.45) is 7.05 Å². The number of imidazole rings is 1. The molecule has 1 atom stereocenters. The van der Waals surface area contributed by atoms with Crippen molar-refractivity contribution in [1.82, 2.24) is 24.5 Å². The van der Waals surface area contributed by atoms with Gasteiger partial charge in [-0.2, -0.15) is 0 Å². The molecule has 4 aromatic rings. The van der Waals surface area contributed by atoms with Gasteiger partial charge in [-0.25, -0.2) is 18.4 Å². The van der Waals surface area contributed by atoms with Gasteiger partial charge in [-0.1, -0.05) is 11.3 Å². The minimum absolute atomic E-state index is 0.0697. The van der Waals surface area contributed by atoms with Gasteiger partial charge in [-0.3, -0.25) is 9.59 Å². The highest BCUT2D eigenvalue weighted by Crippen LogP contribution is 2.42. The summed E-state index contributed by atoms with van der Waals surface area (Å²) in [5, 5.41) is 8.30. The Morgan fingerprint density at radius 3 is 2.48 bits per heavy atom. The molecule has 0 radical (unpaired) electrons. The zero-order chi connectivity index (χ0) is 28.1. The second-order valence-electron chi connectivity index (χ2n) is 10.6. The average Bonchev–Trinajstić information content (AvgIpc) is 3.59. The highest BCUT2D eigenvalue weighted by molar-refractivity contribution is 5.96. The van der Waals surface area contributed by atoms with E-state index < -0.39 is 17.7 Å². The van der Waals surface area contributed by atoms with Crippen molar-refractivity contribution in [1.29, 1.82) is 0 Å². The molecule has 1 amide bonds. The number of esters is 1. The summed E-state index contributed by atoms with van der Waals surface area (Å²) < 4.78 is 37.3. The highest BCUT2D eigenvalue weighted by Gasteiger charge is 2.39. The van der Waals surface area contributed by atoms with Crippen LogP contribution >= 0.6 is 0 Å². The molecule has 2 fully saturated rings. The maximum Gasteiger partial charge on any atom is 0.302 e. The average molecular weight is 549 g/mol. The minimum Gasteiger partial charge on any atom is -0.463 e. The van der Waals surface area contributed by atoms with Gasteiger partial charge in [0.05, 0.1) is 28.5 Å². The molecule has 1 saturated carbocycles. The van der Waals surface area contributed by atoms with Gasteiger partial charge in [0.15, 0.2) is 11.6 Å². The molecule has 3 heterocycles. The Kier molecular flexibility index (Phi) is 6.59. The second kappa shape index (κ2) is 10.1. The Hall–Kier alpha value is -4.15. The number of fused-ring (bicyclic) bond motifs is 1. The maximum atomic E-state index is 14.2. The van der Waals surface area contributed by atoms with Crippen molar-refractivity contribution in [3.63, 3.8) is 0 Å². The third kappa shape index (κ3) is 4.52. The van der Waals surface area contributed by atoms with Crippen LogP contribution in [0.1, 0.15) is 69.1 Å². The SMILES string of the molecule is CC(=O)OC1CCC(n2c([C@@H]3CCC(=O)N3c3ccc(F)c(F)c3)nc3cc(-c4c(C)nnn4C)ccc32)CC1. The fourth-order valence-electron chi connectivity index (χ4n) is 6.28. The Labute approximate surface area is 229 Å². The summed E-state index contributed by atoms with van der Waals surface area (Å²) in [6.45, 7) is 3.33. The lowest BCUT2D eigenvalue weighted by molar-refractivity contribution is -0.148. The molecule has 6 rings (SSSR count). The normalized spacial score (nSPS) is 21.4. The molecule has 40 heavy (non-hydrogen) atoms. The zero-order valence-electron chi connectivity index (χ0n) is 22.6. The van der Waals surface area contributed by atoms with E-state index in [-0.39, 0.29) is 30.4 Å². The largest absolute Gasteiger partial charge is 0.463 e. The molecule has 1 saturated heterocycles. The lowest BCUT2D eigenvalue weighted by atomic mass is 9.92. The van der Waals surface area contributed by atoms with E-state index in [1.54, 1.807) is 9.58 Å². The van der Waals surface area contributed by atoms with E-state index in [1.807, 2.05) is 32.2 Å². The third-order valence-corrected chi connectivity index (χ3v) is 8.02. The van der Waals surface area contributed by atoms with E-state index in [4.69, 9.17) is 9.72 Å². The van der Waals surface area contributed by atoms with Crippen molar-refractivity contribution in [3.05, 3.63) is 59.6 Å². The van der Waals surface area contributed by atoms with E-state index in [0.29, 0.717) is 17.9 Å². The summed E-state index contributed by atoms with van der Waals surface area (Å²) in [5.41, 5.74) is 4.61. The molecule has 0 N–H and O–H groups in total. The van der Waals surface area contributed by atoms with Crippen LogP contribution < -0.4 is 4.90 Å². The van der Waals surface area contributed by atoms with E-state index in [9.17, 15) is 18.4 Å². The Bertz CT molecular complexity index is 1600. The molecule has 2 aliphatic rings. The van der Waals surface area contributed by atoms with Crippen LogP contribution in [-0.4, -0.2) is 42.5 Å². The van der Waals surface area contributed by atoms with Crippen LogP contribution in [0.3, 0.4) is 0 Å². The first kappa shape index (κ1) is 26.1. The number of nitrogens with zero attached hydrogens (tertiary/aromatic N) is 6. The lowest BCUT2D eigenvalue weighted by Crippen LogP contribution is -2.31. The first-order chi connectivity index (χ1) is 19.2. The van der Waals surface area contributed by atoms with Crippen molar-refractivity contribution < 1.29 is 23.1 Å². The van der Waals surface area contributed by atoms with Crippen LogP contribution in [0.15, 0.2) is 36.4 Å². The monoisotopic (exact) mass is 548 g/mol. The summed E-state index contributed by atoms with van der Waals surface area (Å²) in [7, 11) is 1.84. The number of benzene rings is 2. The van der Waals surface area contributed by atoms with Crippen LogP contribution in [0.4, 0.5) is 14.5 Å². The second-order valence-corrected chi connectivity index (χ2v) is 10.6. The van der Waals surface area contributed by atoms with E-state index in [2.05, 4.69) is 14.9 Å². The maximum absolute atomic E-state index is 14.2. The molecule has 1 aliphatic carbocycles. The number of hydrogen-bond donors (Lipinski definition) is 0. The number of hydrogen-bond acceptors (Lipinski definition) is 6. The molecular weight excluding hydrogens is 518 g/mol. The number of anilines is 1. The van der Waals surface area contributed by atoms with Crippen LogP contribution in [0.2, 0.25) is 0 Å². The molecule has 2 aromatic heterocycles. The quantitative estimate of drug-likeness (QED) is 0.313. The zero-order valence-corrected chi connectivity index (χ0v) is 22.6. The van der Waals surface area contributed by atoms with E-state index in [1.165, 1.54) is 13.0 Å². The minimum atomic E-state index is -1.00. The number of halogens is 2. The van der Waals surface area contributed by atoms with Gasteiger partial charge in [0, 0.05) is 43.8 Å². The van der Waals surface area contributed by atoms with Crippen LogP contribution in [0, 0.1) is 18.6 Å². The van der Waals surface area contributed by atoms with E-state index in [0.717, 1.165) is 65.8 Å². The van der Waals surface area contributed by atoms with Crippen molar-refractivity contribution in [2.45, 2.75) is 70.6 Å². The molecule has 0 spiro atoms. The van der Waals surface area contributed by atoms with Gasteiger partial charge in [-0.05, 0) is 63.3 Å². The van der Waals surface area contributed by atoms with Crippen molar-refractivity contribution >= 4 is 28.6 Å². The molecule has 0 bridgehead atoms. The number of ether oxygens (including phenoxy) is 1. The highest BCUT2D eigenvalue weighted by atomic mass is 19.2. The Morgan fingerprint density at radius 2 is 1.80 bits per heavy atom. The first-order valence-corrected chi connectivity index (χ1v) is 13.5. The molecule has 2 aromatic carbocycles. The lowest BCUT2D eigenvalue weighted by Gasteiger charge is -2.32. The molecular formula is C29H30F2N6O3. The molecule has 0 unspecified atom stereocenters. The van der Waals surface area contributed by atoms with Gasteiger partial charge >= 0.3 is 5.97 Å². The Morgan fingerprint density at radius 1 is 1.02 bits per heavy atom. The van der Waals surface area contributed by atoms with Gasteiger partial charge in [0.2, 0.25) is 5.91 Å². The van der Waals surface area contributed by atoms with Crippen LogP contribution in [0.5, 0.6) is 0 Å². The number of carbonyl (C=O) groups is 2. The van der Waals surface area contributed by atoms with Gasteiger partial charge in [-0.15, -0.1) is 5.10 Å². The fraction of sp³-hybridized carbons (Fsp3) is 0.414. The van der Waals surface area contributed by atoms with Gasteiger partial charge in [0.25, 0.3) is 0 Å². The van der Waals surface area contributed by atoms with Crippen molar-refractivity contribution in [2.75, 3.05) is 4.90 Å².